The highest BCUT2D eigenvalue weighted by Crippen LogP contribution is 2.02. The number of hydrogen-bond acceptors (Lipinski definition) is 6. The monoisotopic (exact) mass is 295 g/mol. The van der Waals surface area contributed by atoms with Crippen molar-refractivity contribution in [1.29, 1.82) is 0 Å². The summed E-state index contributed by atoms with van der Waals surface area (Å²) in [5, 5.41) is 8.18. The fraction of sp³-hybridized carbons (Fsp3) is 0.538. The Morgan fingerprint density at radius 3 is 2.81 bits per heavy atom. The summed E-state index contributed by atoms with van der Waals surface area (Å²) in [5.41, 5.74) is 0.157. The van der Waals surface area contributed by atoms with Gasteiger partial charge in [0.15, 0.2) is 0 Å². The second kappa shape index (κ2) is 8.85. The average Bonchev–Trinajstić information content (AvgIpc) is 2.48. The first-order chi connectivity index (χ1) is 10.1. The Labute approximate surface area is 123 Å². The number of methoxy groups -OCH3 is 1. The van der Waals surface area contributed by atoms with Crippen LogP contribution in [0.25, 0.3) is 0 Å². The van der Waals surface area contributed by atoms with E-state index in [9.17, 15) is 9.59 Å². The number of amides is 2. The Morgan fingerprint density at radius 2 is 2.14 bits per heavy atom. The van der Waals surface area contributed by atoms with Gasteiger partial charge < -0.3 is 20.7 Å². The number of aromatic nitrogens is 2. The number of hydrogen-bond donors (Lipinski definition) is 3. The molecule has 0 saturated heterocycles. The molecule has 0 fully saturated rings. The van der Waals surface area contributed by atoms with Gasteiger partial charge in [-0.1, -0.05) is 0 Å². The van der Waals surface area contributed by atoms with Crippen LogP contribution in [0.2, 0.25) is 0 Å². The van der Waals surface area contributed by atoms with Crippen LogP contribution in [-0.2, 0) is 9.53 Å². The summed E-state index contributed by atoms with van der Waals surface area (Å²) in [6, 6.07) is -0.668. The first-order valence-corrected chi connectivity index (χ1v) is 6.72. The summed E-state index contributed by atoms with van der Waals surface area (Å²) in [6.07, 6.45) is 2.88. The predicted molar refractivity (Wildman–Crippen MR) is 78.0 cm³/mol. The van der Waals surface area contributed by atoms with Crippen LogP contribution in [0.3, 0.4) is 0 Å². The van der Waals surface area contributed by atoms with Crippen molar-refractivity contribution >= 4 is 17.6 Å². The molecule has 1 heterocycles. The van der Waals surface area contributed by atoms with Crippen molar-refractivity contribution in [1.82, 2.24) is 20.6 Å². The second-order valence-electron chi connectivity index (χ2n) is 4.30. The number of ether oxygens (including phenoxy) is 1. The lowest BCUT2D eigenvalue weighted by molar-refractivity contribution is -0.122. The first kappa shape index (κ1) is 16.8. The highest BCUT2D eigenvalue weighted by molar-refractivity contribution is 5.95. The molecule has 0 aromatic carbocycles. The maximum atomic E-state index is 12.0. The van der Waals surface area contributed by atoms with E-state index in [1.165, 1.54) is 12.4 Å². The van der Waals surface area contributed by atoms with Gasteiger partial charge in [0, 0.05) is 20.2 Å². The minimum absolute atomic E-state index is 0.157. The summed E-state index contributed by atoms with van der Waals surface area (Å²) in [6.45, 7) is 5.01. The van der Waals surface area contributed by atoms with E-state index in [1.807, 2.05) is 6.92 Å². The summed E-state index contributed by atoms with van der Waals surface area (Å²) in [5.74, 6) is -0.213. The summed E-state index contributed by atoms with van der Waals surface area (Å²) >= 11 is 0. The highest BCUT2D eigenvalue weighted by atomic mass is 16.5. The van der Waals surface area contributed by atoms with Crippen molar-refractivity contribution in [3.8, 4) is 0 Å². The number of rotatable bonds is 8. The van der Waals surface area contributed by atoms with Crippen LogP contribution in [0.1, 0.15) is 24.3 Å². The number of carbonyl (C=O) groups is 2. The smallest absolute Gasteiger partial charge is 0.272 e. The second-order valence-corrected chi connectivity index (χ2v) is 4.30. The lowest BCUT2D eigenvalue weighted by atomic mass is 10.3. The zero-order valence-electron chi connectivity index (χ0n) is 12.5. The highest BCUT2D eigenvalue weighted by Gasteiger charge is 2.17. The van der Waals surface area contributed by atoms with Crippen molar-refractivity contribution < 1.29 is 14.3 Å². The molecule has 1 aromatic rings. The van der Waals surface area contributed by atoms with Crippen LogP contribution in [0.5, 0.6) is 0 Å². The molecule has 21 heavy (non-hydrogen) atoms. The van der Waals surface area contributed by atoms with Crippen molar-refractivity contribution in [3.05, 3.63) is 18.1 Å². The molecule has 0 spiro atoms. The van der Waals surface area contributed by atoms with Gasteiger partial charge in [-0.2, -0.15) is 0 Å². The average molecular weight is 295 g/mol. The van der Waals surface area contributed by atoms with Gasteiger partial charge in [0.25, 0.3) is 5.91 Å². The molecule has 1 rings (SSSR count). The van der Waals surface area contributed by atoms with Gasteiger partial charge in [-0.05, 0) is 13.8 Å². The molecular formula is C13H21N5O3. The Kier molecular flexibility index (Phi) is 7.10. The third-order valence-corrected chi connectivity index (χ3v) is 2.57. The quantitative estimate of drug-likeness (QED) is 0.573. The molecule has 2 amide bonds. The van der Waals surface area contributed by atoms with Gasteiger partial charge in [0.2, 0.25) is 5.91 Å². The molecular weight excluding hydrogens is 274 g/mol. The van der Waals surface area contributed by atoms with Crippen LogP contribution in [0.4, 0.5) is 5.82 Å². The lowest BCUT2D eigenvalue weighted by Crippen LogP contribution is -2.45. The molecule has 116 valence electrons. The van der Waals surface area contributed by atoms with E-state index in [1.54, 1.807) is 14.0 Å². The van der Waals surface area contributed by atoms with E-state index in [4.69, 9.17) is 4.74 Å². The van der Waals surface area contributed by atoms with Gasteiger partial charge in [-0.15, -0.1) is 0 Å². The third kappa shape index (κ3) is 5.74. The zero-order chi connectivity index (χ0) is 15.7. The lowest BCUT2D eigenvalue weighted by Gasteiger charge is -2.13. The topological polar surface area (TPSA) is 105 Å². The van der Waals surface area contributed by atoms with Gasteiger partial charge >= 0.3 is 0 Å². The van der Waals surface area contributed by atoms with E-state index < -0.39 is 11.9 Å². The number of carbonyl (C=O) groups excluding carboxylic acids is 2. The van der Waals surface area contributed by atoms with Crippen LogP contribution in [0.15, 0.2) is 12.4 Å². The molecule has 8 heteroatoms. The Morgan fingerprint density at radius 1 is 1.38 bits per heavy atom. The maximum Gasteiger partial charge on any atom is 0.272 e. The van der Waals surface area contributed by atoms with E-state index in [2.05, 4.69) is 25.9 Å². The van der Waals surface area contributed by atoms with E-state index in [-0.39, 0.29) is 11.6 Å². The zero-order valence-corrected chi connectivity index (χ0v) is 12.5. The van der Waals surface area contributed by atoms with Gasteiger partial charge in [-0.3, -0.25) is 14.6 Å². The normalized spacial score (nSPS) is 11.6. The molecule has 0 aliphatic heterocycles. The summed E-state index contributed by atoms with van der Waals surface area (Å²) < 4.78 is 4.83. The molecule has 0 bridgehead atoms. The standard InChI is InChI=1S/C13H21N5O3/c1-4-15-11-8-14-7-10(18-11)13(20)17-9(2)12(19)16-5-6-21-3/h7-9H,4-6H2,1-3H3,(H,15,18)(H,16,19)(H,17,20). The van der Waals surface area contributed by atoms with Crippen LogP contribution < -0.4 is 16.0 Å². The number of anilines is 1. The minimum atomic E-state index is -0.668. The predicted octanol–water partition coefficient (Wildman–Crippen LogP) is -0.211. The first-order valence-electron chi connectivity index (χ1n) is 6.72. The van der Waals surface area contributed by atoms with E-state index in [0.29, 0.717) is 25.5 Å². The molecule has 0 radical (unpaired) electrons. The van der Waals surface area contributed by atoms with Crippen LogP contribution in [-0.4, -0.2) is 54.6 Å². The van der Waals surface area contributed by atoms with Crippen molar-refractivity contribution in [2.75, 3.05) is 32.1 Å². The molecule has 0 aliphatic carbocycles. The molecule has 0 saturated carbocycles. The van der Waals surface area contributed by atoms with E-state index >= 15 is 0 Å². The van der Waals surface area contributed by atoms with Crippen molar-refractivity contribution in [2.24, 2.45) is 0 Å². The van der Waals surface area contributed by atoms with Crippen LogP contribution >= 0.6 is 0 Å². The third-order valence-electron chi connectivity index (χ3n) is 2.57. The molecule has 1 aromatic heterocycles. The fourth-order valence-electron chi connectivity index (χ4n) is 1.51. The largest absolute Gasteiger partial charge is 0.383 e. The van der Waals surface area contributed by atoms with Crippen LogP contribution in [0, 0.1) is 0 Å². The SMILES string of the molecule is CCNc1cncc(C(=O)NC(C)C(=O)NCCOC)n1. The Hall–Kier alpha value is -2.22. The fourth-order valence-corrected chi connectivity index (χ4v) is 1.51. The van der Waals surface area contributed by atoms with Gasteiger partial charge in [-0.25, -0.2) is 4.98 Å². The van der Waals surface area contributed by atoms with Gasteiger partial charge in [0.05, 0.1) is 19.0 Å². The van der Waals surface area contributed by atoms with Crippen molar-refractivity contribution in [2.45, 2.75) is 19.9 Å². The minimum Gasteiger partial charge on any atom is -0.383 e. The van der Waals surface area contributed by atoms with Gasteiger partial charge in [0.1, 0.15) is 17.6 Å². The Bertz CT molecular complexity index is 481. The number of nitrogens with one attached hydrogen (secondary N) is 3. The van der Waals surface area contributed by atoms with Crippen molar-refractivity contribution in [3.63, 3.8) is 0 Å². The molecule has 8 nitrogen and oxygen atoms in total. The maximum absolute atomic E-state index is 12.0. The molecule has 0 aliphatic rings. The van der Waals surface area contributed by atoms with E-state index in [0.717, 1.165) is 0 Å². The molecule has 1 unspecified atom stereocenters. The molecule has 1 atom stereocenters. The summed E-state index contributed by atoms with van der Waals surface area (Å²) in [4.78, 5) is 31.8. The molecule has 3 N–H and O–H groups in total. The summed E-state index contributed by atoms with van der Waals surface area (Å²) in [7, 11) is 1.55. The Balaban J connectivity index is 2.55. The number of nitrogens with zero attached hydrogens (tertiary/aromatic N) is 2.